The minimum atomic E-state index is -1.65. The molecule has 0 radical (unpaired) electrons. The zero-order valence-electron chi connectivity index (χ0n) is 17.9. The van der Waals surface area contributed by atoms with E-state index in [4.69, 9.17) is 26.2 Å². The van der Waals surface area contributed by atoms with Gasteiger partial charge in [0.2, 0.25) is 17.7 Å². The number of hydrogen-bond donors (Lipinski definition) is 9. The highest BCUT2D eigenvalue weighted by Gasteiger charge is 2.31. The van der Waals surface area contributed by atoms with Crippen molar-refractivity contribution >= 4 is 41.6 Å². The molecule has 192 valence electrons. The van der Waals surface area contributed by atoms with Crippen LogP contribution in [-0.2, 0) is 33.6 Å². The number of aliphatic carboxylic acids is 4. The number of carboxylic acids is 4. The molecule has 4 atom stereocenters. The van der Waals surface area contributed by atoms with Crippen molar-refractivity contribution in [1.82, 2.24) is 16.0 Å². The number of rotatable bonds is 17. The van der Waals surface area contributed by atoms with E-state index in [1.54, 1.807) is 0 Å². The topological polar surface area (TPSA) is 283 Å². The van der Waals surface area contributed by atoms with Gasteiger partial charge in [-0.05, 0) is 19.3 Å². The van der Waals surface area contributed by atoms with Crippen molar-refractivity contribution in [3.63, 3.8) is 0 Å². The van der Waals surface area contributed by atoms with Crippen molar-refractivity contribution in [2.24, 2.45) is 5.73 Å². The first-order valence-corrected chi connectivity index (χ1v) is 9.94. The molecule has 0 spiro atoms. The van der Waals surface area contributed by atoms with Crippen LogP contribution in [0.1, 0.15) is 38.5 Å². The van der Waals surface area contributed by atoms with Gasteiger partial charge < -0.3 is 47.2 Å². The number of amides is 3. The Morgan fingerprint density at radius 2 is 0.912 bits per heavy atom. The fourth-order valence-electron chi connectivity index (χ4n) is 2.50. The second-order valence-electron chi connectivity index (χ2n) is 7.11. The molecule has 0 aliphatic rings. The average molecular weight is 492 g/mol. The van der Waals surface area contributed by atoms with Crippen LogP contribution in [0.4, 0.5) is 0 Å². The van der Waals surface area contributed by atoms with Crippen molar-refractivity contribution < 1.29 is 59.1 Å². The molecule has 34 heavy (non-hydrogen) atoms. The van der Waals surface area contributed by atoms with Crippen LogP contribution in [0.5, 0.6) is 0 Å². The number of aliphatic hydroxyl groups is 1. The quantitative estimate of drug-likeness (QED) is 0.0951. The van der Waals surface area contributed by atoms with Crippen LogP contribution in [0.2, 0.25) is 0 Å². The standard InChI is InChI=1S/C18H28N4O12/c19-8(7-23)15(30)20-9(1-4-12(24)25)16(31)21-10(2-5-13(26)27)17(32)22-11(18(33)34)3-6-14(28)29/h8-11,23H,1-7,19H2,(H,20,30)(H,21,31)(H,22,32)(H,24,25)(H,26,27)(H,28,29)(H,33,34). The number of hydrogen-bond acceptors (Lipinski definition) is 9. The van der Waals surface area contributed by atoms with E-state index in [-0.39, 0.29) is 0 Å². The Labute approximate surface area is 192 Å². The highest BCUT2D eigenvalue weighted by Crippen LogP contribution is 2.06. The van der Waals surface area contributed by atoms with Gasteiger partial charge in [-0.2, -0.15) is 0 Å². The molecule has 0 aromatic rings. The molecule has 0 aromatic heterocycles. The van der Waals surface area contributed by atoms with Crippen LogP contribution in [0.25, 0.3) is 0 Å². The van der Waals surface area contributed by atoms with Gasteiger partial charge >= 0.3 is 23.9 Å². The van der Waals surface area contributed by atoms with Gasteiger partial charge in [-0.3, -0.25) is 28.8 Å². The Bertz CT molecular complexity index is 787. The molecule has 3 amide bonds. The molecule has 16 heteroatoms. The third kappa shape index (κ3) is 12.3. The fraction of sp³-hybridized carbons (Fsp3) is 0.611. The lowest BCUT2D eigenvalue weighted by Crippen LogP contribution is -2.57. The largest absolute Gasteiger partial charge is 0.481 e. The molecule has 0 aromatic carbocycles. The highest BCUT2D eigenvalue weighted by molar-refractivity contribution is 5.94. The minimum absolute atomic E-state index is 0.450. The fourth-order valence-corrected chi connectivity index (χ4v) is 2.50. The monoisotopic (exact) mass is 492 g/mol. The maximum Gasteiger partial charge on any atom is 0.326 e. The highest BCUT2D eigenvalue weighted by atomic mass is 16.4. The Kier molecular flexibility index (Phi) is 13.4. The Balaban J connectivity index is 5.59. The lowest BCUT2D eigenvalue weighted by molar-refractivity contribution is -0.144. The second-order valence-corrected chi connectivity index (χ2v) is 7.11. The first-order chi connectivity index (χ1) is 15.8. The van der Waals surface area contributed by atoms with E-state index < -0.39 is 111 Å². The van der Waals surface area contributed by atoms with Gasteiger partial charge in [-0.25, -0.2) is 4.79 Å². The molecule has 0 saturated carbocycles. The van der Waals surface area contributed by atoms with Gasteiger partial charge in [0.15, 0.2) is 0 Å². The van der Waals surface area contributed by atoms with E-state index in [0.29, 0.717) is 0 Å². The van der Waals surface area contributed by atoms with E-state index in [1.165, 1.54) is 0 Å². The van der Waals surface area contributed by atoms with Crippen molar-refractivity contribution in [2.45, 2.75) is 62.7 Å². The van der Waals surface area contributed by atoms with E-state index in [9.17, 15) is 38.7 Å². The lowest BCUT2D eigenvalue weighted by atomic mass is 10.1. The summed E-state index contributed by atoms with van der Waals surface area (Å²) in [4.78, 5) is 80.9. The molecule has 0 fully saturated rings. The summed E-state index contributed by atoms with van der Waals surface area (Å²) >= 11 is 0. The van der Waals surface area contributed by atoms with Crippen molar-refractivity contribution in [2.75, 3.05) is 6.61 Å². The van der Waals surface area contributed by atoms with Crippen molar-refractivity contribution in [1.29, 1.82) is 0 Å². The van der Waals surface area contributed by atoms with E-state index in [0.717, 1.165) is 0 Å². The normalized spacial score (nSPS) is 14.1. The van der Waals surface area contributed by atoms with Gasteiger partial charge in [0.25, 0.3) is 0 Å². The smallest absolute Gasteiger partial charge is 0.326 e. The third-order valence-corrected chi connectivity index (χ3v) is 4.35. The zero-order valence-corrected chi connectivity index (χ0v) is 17.9. The summed E-state index contributed by atoms with van der Waals surface area (Å²) < 4.78 is 0. The number of carboxylic acid groups (broad SMARTS) is 4. The summed E-state index contributed by atoms with van der Waals surface area (Å²) in [7, 11) is 0. The van der Waals surface area contributed by atoms with Crippen LogP contribution >= 0.6 is 0 Å². The average Bonchev–Trinajstić information content (AvgIpc) is 2.74. The van der Waals surface area contributed by atoms with Crippen LogP contribution < -0.4 is 21.7 Å². The second kappa shape index (κ2) is 15.1. The molecular weight excluding hydrogens is 464 g/mol. The van der Waals surface area contributed by atoms with E-state index >= 15 is 0 Å². The third-order valence-electron chi connectivity index (χ3n) is 4.35. The summed E-state index contributed by atoms with van der Waals surface area (Å²) in [6.45, 7) is -0.782. The van der Waals surface area contributed by atoms with Gasteiger partial charge in [0.05, 0.1) is 6.61 Å². The summed E-state index contributed by atoms with van der Waals surface area (Å²) in [6.07, 6.45) is -3.27. The van der Waals surface area contributed by atoms with E-state index in [1.807, 2.05) is 5.32 Å². The lowest BCUT2D eigenvalue weighted by Gasteiger charge is -2.24. The van der Waals surface area contributed by atoms with Crippen LogP contribution in [0, 0.1) is 0 Å². The molecule has 0 aliphatic heterocycles. The number of nitrogens with one attached hydrogen (secondary N) is 3. The van der Waals surface area contributed by atoms with Gasteiger partial charge in [-0.15, -0.1) is 0 Å². The predicted octanol–water partition coefficient (Wildman–Crippen LogP) is -3.56. The van der Waals surface area contributed by atoms with Crippen molar-refractivity contribution in [3.8, 4) is 0 Å². The van der Waals surface area contributed by atoms with Gasteiger partial charge in [0.1, 0.15) is 24.2 Å². The van der Waals surface area contributed by atoms with Gasteiger partial charge in [-0.1, -0.05) is 0 Å². The molecule has 16 nitrogen and oxygen atoms in total. The first kappa shape index (κ1) is 30.2. The Morgan fingerprint density at radius 3 is 1.24 bits per heavy atom. The Hall–Kier alpha value is -3.79. The van der Waals surface area contributed by atoms with E-state index in [2.05, 4.69) is 10.6 Å². The maximum atomic E-state index is 12.7. The van der Waals surface area contributed by atoms with Crippen LogP contribution in [0.15, 0.2) is 0 Å². The molecule has 10 N–H and O–H groups in total. The first-order valence-electron chi connectivity index (χ1n) is 9.94. The minimum Gasteiger partial charge on any atom is -0.481 e. The summed E-state index contributed by atoms with van der Waals surface area (Å²) in [5.41, 5.74) is 5.35. The summed E-state index contributed by atoms with van der Waals surface area (Å²) in [6, 6.07) is -6.25. The zero-order chi connectivity index (χ0) is 26.4. The van der Waals surface area contributed by atoms with Crippen LogP contribution in [-0.4, -0.2) is 97.9 Å². The predicted molar refractivity (Wildman–Crippen MR) is 109 cm³/mol. The SMILES string of the molecule is NC(CO)C(=O)NC(CCC(=O)O)C(=O)NC(CCC(=O)O)C(=O)NC(CCC(=O)O)C(=O)O. The van der Waals surface area contributed by atoms with Gasteiger partial charge in [0, 0.05) is 19.3 Å². The number of carbonyl (C=O) groups excluding carboxylic acids is 3. The molecule has 0 saturated heterocycles. The summed E-state index contributed by atoms with van der Waals surface area (Å²) in [5.74, 6) is -8.79. The Morgan fingerprint density at radius 1 is 0.588 bits per heavy atom. The van der Waals surface area contributed by atoms with Crippen molar-refractivity contribution in [3.05, 3.63) is 0 Å². The number of aliphatic hydroxyl groups excluding tert-OH is 1. The number of nitrogens with two attached hydrogens (primary N) is 1. The molecule has 4 unspecified atom stereocenters. The molecule has 0 aliphatic carbocycles. The molecular formula is C18H28N4O12. The molecule has 0 heterocycles. The van der Waals surface area contributed by atoms with Crippen LogP contribution in [0.3, 0.4) is 0 Å². The summed E-state index contributed by atoms with van der Waals surface area (Å²) in [5, 5.41) is 50.8. The molecule has 0 rings (SSSR count). The molecule has 0 bridgehead atoms. The maximum absolute atomic E-state index is 12.7. The number of carbonyl (C=O) groups is 7.